The summed E-state index contributed by atoms with van der Waals surface area (Å²) < 4.78 is 41.7. The summed E-state index contributed by atoms with van der Waals surface area (Å²) >= 11 is 0. The average molecular weight is 340 g/mol. The summed E-state index contributed by atoms with van der Waals surface area (Å²) in [5, 5.41) is 0. The summed E-state index contributed by atoms with van der Waals surface area (Å²) in [7, 11) is 1.63. The third-order valence-corrected chi connectivity index (χ3v) is 4.41. The van der Waals surface area contributed by atoms with E-state index in [1.807, 2.05) is 24.3 Å². The van der Waals surface area contributed by atoms with Crippen molar-refractivity contribution < 1.29 is 28.1 Å². The molecule has 24 heavy (non-hydrogen) atoms. The second-order valence-electron chi connectivity index (χ2n) is 6.43. The van der Waals surface area contributed by atoms with Crippen LogP contribution in [0.15, 0.2) is 24.3 Å². The van der Waals surface area contributed by atoms with Gasteiger partial charge in [-0.3, -0.25) is 0 Å². The van der Waals surface area contributed by atoms with Crippen LogP contribution in [0.25, 0.3) is 0 Å². The van der Waals surface area contributed by atoms with E-state index < -0.39 is 24.9 Å². The van der Waals surface area contributed by atoms with Gasteiger partial charge in [0.2, 0.25) is 0 Å². The van der Waals surface area contributed by atoms with Crippen molar-refractivity contribution in [1.29, 1.82) is 0 Å². The predicted octanol–water partition coefficient (Wildman–Crippen LogP) is 3.21. The zero-order valence-electron chi connectivity index (χ0n) is 14.4. The van der Waals surface area contributed by atoms with Crippen LogP contribution in [-0.2, 0) is 25.6 Å². The molecule has 6 heteroatoms. The molecule has 5 nitrogen and oxygen atoms in total. The van der Waals surface area contributed by atoms with Crippen molar-refractivity contribution in [3.63, 3.8) is 0 Å². The fourth-order valence-corrected chi connectivity index (χ4v) is 3.21. The molecular formula is C18H25FO5. The zero-order chi connectivity index (χ0) is 17.2. The first kappa shape index (κ1) is 17.6. The molecule has 0 aromatic heterocycles. The molecule has 3 rings (SSSR count). The van der Waals surface area contributed by atoms with Crippen LogP contribution in [0.4, 0.5) is 4.39 Å². The van der Waals surface area contributed by atoms with Gasteiger partial charge in [0.15, 0.2) is 12.1 Å². The minimum atomic E-state index is -1.25. The van der Waals surface area contributed by atoms with Gasteiger partial charge in [-0.25, -0.2) is 4.39 Å². The predicted molar refractivity (Wildman–Crippen MR) is 85.5 cm³/mol. The lowest BCUT2D eigenvalue weighted by molar-refractivity contribution is -0.234. The third kappa shape index (κ3) is 3.57. The van der Waals surface area contributed by atoms with E-state index in [0.717, 1.165) is 24.2 Å². The van der Waals surface area contributed by atoms with Crippen molar-refractivity contribution in [2.24, 2.45) is 0 Å². The summed E-state index contributed by atoms with van der Waals surface area (Å²) in [6, 6.07) is 7.71. The summed E-state index contributed by atoms with van der Waals surface area (Å²) in [4.78, 5) is 0. The van der Waals surface area contributed by atoms with E-state index in [2.05, 4.69) is 6.92 Å². The van der Waals surface area contributed by atoms with Crippen molar-refractivity contribution in [2.75, 3.05) is 13.8 Å². The molecule has 2 fully saturated rings. The van der Waals surface area contributed by atoms with Gasteiger partial charge in [-0.1, -0.05) is 25.5 Å². The highest BCUT2D eigenvalue weighted by molar-refractivity contribution is 5.27. The minimum Gasteiger partial charge on any atom is -0.497 e. The number of halogens is 1. The fraction of sp³-hybridized carbons (Fsp3) is 0.667. The van der Waals surface area contributed by atoms with E-state index in [1.54, 1.807) is 14.0 Å². The normalized spacial score (nSPS) is 35.2. The van der Waals surface area contributed by atoms with Gasteiger partial charge < -0.3 is 23.7 Å². The van der Waals surface area contributed by atoms with Gasteiger partial charge in [0.25, 0.3) is 0 Å². The third-order valence-electron chi connectivity index (χ3n) is 4.41. The van der Waals surface area contributed by atoms with Gasteiger partial charge in [-0.15, -0.1) is 0 Å². The van der Waals surface area contributed by atoms with Gasteiger partial charge in [0.1, 0.15) is 24.6 Å². The number of fused-ring (bicyclic) bond motifs is 1. The summed E-state index contributed by atoms with van der Waals surface area (Å²) in [6.45, 7) is 3.36. The molecule has 0 amide bonds. The lowest BCUT2D eigenvalue weighted by Crippen LogP contribution is -2.38. The van der Waals surface area contributed by atoms with E-state index in [-0.39, 0.29) is 12.2 Å². The lowest BCUT2D eigenvalue weighted by Gasteiger charge is -2.26. The van der Waals surface area contributed by atoms with Crippen LogP contribution < -0.4 is 4.74 Å². The maximum atomic E-state index is 13.1. The number of rotatable bonds is 7. The Labute approximate surface area is 142 Å². The smallest absolute Gasteiger partial charge is 0.197 e. The number of ether oxygens (including phenoxy) is 5. The molecule has 1 aromatic carbocycles. The minimum absolute atomic E-state index is 0.111. The molecule has 2 saturated heterocycles. The van der Waals surface area contributed by atoms with Crippen LogP contribution in [-0.4, -0.2) is 44.2 Å². The van der Waals surface area contributed by atoms with Crippen LogP contribution in [0.1, 0.15) is 32.3 Å². The van der Waals surface area contributed by atoms with Gasteiger partial charge in [0.05, 0.1) is 19.8 Å². The fourth-order valence-electron chi connectivity index (χ4n) is 3.21. The number of hydrogen-bond donors (Lipinski definition) is 0. The molecule has 1 unspecified atom stereocenters. The standard InChI is InChI=1S/C18H25FO5/c1-4-6-14-15(16-17(22-14)24-18(2,11-19)23-16)21-10-12-7-5-8-13(9-12)20-3/h5,7-9,14-17H,4,6,10-11H2,1-3H3/t14-,15+,16-,17-,18?/m1/s1. The second-order valence-corrected chi connectivity index (χ2v) is 6.43. The molecule has 2 aliphatic heterocycles. The Hall–Kier alpha value is -1.21. The summed E-state index contributed by atoms with van der Waals surface area (Å²) in [5.41, 5.74) is 1.00. The van der Waals surface area contributed by atoms with Gasteiger partial charge in [0, 0.05) is 0 Å². The quantitative estimate of drug-likeness (QED) is 0.763. The molecule has 0 spiro atoms. The van der Waals surface area contributed by atoms with Gasteiger partial charge in [-0.05, 0) is 31.0 Å². The maximum Gasteiger partial charge on any atom is 0.197 e. The van der Waals surface area contributed by atoms with E-state index in [1.165, 1.54) is 0 Å². The molecule has 2 aliphatic rings. The molecule has 0 aliphatic carbocycles. The van der Waals surface area contributed by atoms with Crippen LogP contribution in [0, 0.1) is 0 Å². The van der Waals surface area contributed by atoms with E-state index in [9.17, 15) is 4.39 Å². The SMILES string of the molecule is CCC[C@H]1O[C@@H]2OC(C)(CF)O[C@@H]2[C@H]1OCc1cccc(OC)c1. The lowest BCUT2D eigenvalue weighted by atomic mass is 10.1. The average Bonchev–Trinajstić information content (AvgIpc) is 3.07. The maximum absolute atomic E-state index is 13.1. The number of hydrogen-bond acceptors (Lipinski definition) is 5. The zero-order valence-corrected chi connectivity index (χ0v) is 14.4. The topological polar surface area (TPSA) is 46.2 Å². The van der Waals surface area contributed by atoms with Crippen molar-refractivity contribution in [3.05, 3.63) is 29.8 Å². The Morgan fingerprint density at radius 3 is 2.83 bits per heavy atom. The number of benzene rings is 1. The number of methoxy groups -OCH3 is 1. The van der Waals surface area contributed by atoms with Crippen LogP contribution >= 0.6 is 0 Å². The van der Waals surface area contributed by atoms with Gasteiger partial charge in [-0.2, -0.15) is 0 Å². The Bertz CT molecular complexity index is 554. The molecule has 0 bridgehead atoms. The van der Waals surface area contributed by atoms with Crippen molar-refractivity contribution in [2.45, 2.75) is 63.7 Å². The first-order valence-electron chi connectivity index (χ1n) is 8.40. The highest BCUT2D eigenvalue weighted by Gasteiger charge is 2.56. The monoisotopic (exact) mass is 340 g/mol. The highest BCUT2D eigenvalue weighted by atomic mass is 19.1. The van der Waals surface area contributed by atoms with Crippen molar-refractivity contribution >= 4 is 0 Å². The van der Waals surface area contributed by atoms with E-state index in [0.29, 0.717) is 6.61 Å². The Morgan fingerprint density at radius 1 is 1.29 bits per heavy atom. The first-order chi connectivity index (χ1) is 11.6. The van der Waals surface area contributed by atoms with Gasteiger partial charge >= 0.3 is 0 Å². The molecular weight excluding hydrogens is 315 g/mol. The number of alkyl halides is 1. The summed E-state index contributed by atoms with van der Waals surface area (Å²) in [5.74, 6) is -0.461. The van der Waals surface area contributed by atoms with E-state index >= 15 is 0 Å². The highest BCUT2D eigenvalue weighted by Crippen LogP contribution is 2.40. The molecule has 5 atom stereocenters. The molecule has 0 radical (unpaired) electrons. The van der Waals surface area contributed by atoms with Crippen molar-refractivity contribution in [1.82, 2.24) is 0 Å². The largest absolute Gasteiger partial charge is 0.497 e. The van der Waals surface area contributed by atoms with Crippen molar-refractivity contribution in [3.8, 4) is 5.75 Å². The summed E-state index contributed by atoms with van der Waals surface area (Å²) in [6.07, 6.45) is 0.429. The molecule has 0 saturated carbocycles. The van der Waals surface area contributed by atoms with Crippen LogP contribution in [0.5, 0.6) is 5.75 Å². The van der Waals surface area contributed by atoms with E-state index in [4.69, 9.17) is 23.7 Å². The molecule has 0 N–H and O–H groups in total. The molecule has 1 aromatic rings. The van der Waals surface area contributed by atoms with Crippen LogP contribution in [0.2, 0.25) is 0 Å². The Morgan fingerprint density at radius 2 is 2.12 bits per heavy atom. The second kappa shape index (κ2) is 7.35. The Balaban J connectivity index is 1.68. The molecule has 2 heterocycles. The van der Waals surface area contributed by atoms with Crippen LogP contribution in [0.3, 0.4) is 0 Å². The first-order valence-corrected chi connectivity index (χ1v) is 8.40. The molecule has 134 valence electrons. The Kier molecular flexibility index (Phi) is 5.39.